The van der Waals surface area contributed by atoms with Crippen molar-refractivity contribution < 1.29 is 4.74 Å². The standard InChI is InChI=1S/C16H18Cl2N2OS/c1-2-16-19-12(10-22-16)8-20-5-6-21-15(9-20)11-3-4-13(17)14(18)7-11/h3-4,7,10,15H,2,5-6,8-9H2,1H3. The van der Waals surface area contributed by atoms with Crippen molar-refractivity contribution in [1.29, 1.82) is 0 Å². The van der Waals surface area contributed by atoms with Crippen LogP contribution in [-0.4, -0.2) is 29.6 Å². The molecule has 0 N–H and O–H groups in total. The van der Waals surface area contributed by atoms with Crippen LogP contribution in [0.5, 0.6) is 0 Å². The number of halogens is 2. The number of aryl methyl sites for hydroxylation is 1. The Morgan fingerprint density at radius 2 is 2.23 bits per heavy atom. The van der Waals surface area contributed by atoms with E-state index in [0.29, 0.717) is 10.0 Å². The molecule has 1 saturated heterocycles. The first kappa shape index (κ1) is 16.2. The summed E-state index contributed by atoms with van der Waals surface area (Å²) in [5.41, 5.74) is 2.23. The normalized spacial score (nSPS) is 19.5. The summed E-state index contributed by atoms with van der Waals surface area (Å²) in [6.07, 6.45) is 1.03. The zero-order valence-electron chi connectivity index (χ0n) is 12.4. The van der Waals surface area contributed by atoms with Gasteiger partial charge in [-0.25, -0.2) is 4.98 Å². The van der Waals surface area contributed by atoms with Gasteiger partial charge in [0.1, 0.15) is 0 Å². The Labute approximate surface area is 144 Å². The molecule has 1 fully saturated rings. The first-order chi connectivity index (χ1) is 10.7. The van der Waals surface area contributed by atoms with Gasteiger partial charge in [0.05, 0.1) is 33.5 Å². The Hall–Kier alpha value is -0.650. The Morgan fingerprint density at radius 1 is 1.36 bits per heavy atom. The quantitative estimate of drug-likeness (QED) is 0.801. The smallest absolute Gasteiger partial charge is 0.0953 e. The van der Waals surface area contributed by atoms with Gasteiger partial charge in [0.15, 0.2) is 0 Å². The third-order valence-corrected chi connectivity index (χ3v) is 5.53. The average molecular weight is 357 g/mol. The molecule has 2 heterocycles. The van der Waals surface area contributed by atoms with Gasteiger partial charge in [0.25, 0.3) is 0 Å². The highest BCUT2D eigenvalue weighted by atomic mass is 35.5. The maximum absolute atomic E-state index is 6.11. The van der Waals surface area contributed by atoms with Crippen LogP contribution in [-0.2, 0) is 17.7 Å². The Morgan fingerprint density at radius 3 is 2.95 bits per heavy atom. The third kappa shape index (κ3) is 3.81. The van der Waals surface area contributed by atoms with E-state index in [1.165, 1.54) is 5.01 Å². The van der Waals surface area contributed by atoms with E-state index in [1.54, 1.807) is 11.3 Å². The second-order valence-corrected chi connectivity index (χ2v) is 7.11. The zero-order valence-corrected chi connectivity index (χ0v) is 14.7. The van der Waals surface area contributed by atoms with E-state index < -0.39 is 0 Å². The highest BCUT2D eigenvalue weighted by molar-refractivity contribution is 7.09. The van der Waals surface area contributed by atoms with E-state index in [1.807, 2.05) is 18.2 Å². The maximum Gasteiger partial charge on any atom is 0.0953 e. The first-order valence-electron chi connectivity index (χ1n) is 7.38. The topological polar surface area (TPSA) is 25.4 Å². The molecule has 1 unspecified atom stereocenters. The second-order valence-electron chi connectivity index (χ2n) is 5.35. The van der Waals surface area contributed by atoms with E-state index in [4.69, 9.17) is 27.9 Å². The van der Waals surface area contributed by atoms with Crippen molar-refractivity contribution in [3.63, 3.8) is 0 Å². The van der Waals surface area contributed by atoms with Crippen LogP contribution in [0.2, 0.25) is 10.0 Å². The van der Waals surface area contributed by atoms with Crippen molar-refractivity contribution in [2.45, 2.75) is 26.0 Å². The van der Waals surface area contributed by atoms with E-state index in [2.05, 4.69) is 22.2 Å². The number of hydrogen-bond acceptors (Lipinski definition) is 4. The van der Waals surface area contributed by atoms with Crippen LogP contribution in [0.15, 0.2) is 23.6 Å². The molecule has 1 aromatic heterocycles. The number of aromatic nitrogens is 1. The molecule has 1 atom stereocenters. The molecule has 1 aliphatic rings. The fourth-order valence-electron chi connectivity index (χ4n) is 2.57. The Balaban J connectivity index is 1.67. The molecule has 0 saturated carbocycles. The number of nitrogens with zero attached hydrogens (tertiary/aromatic N) is 2. The number of benzene rings is 1. The molecular formula is C16H18Cl2N2OS. The highest BCUT2D eigenvalue weighted by Crippen LogP contribution is 2.29. The summed E-state index contributed by atoms with van der Waals surface area (Å²) in [6.45, 7) is 5.50. The van der Waals surface area contributed by atoms with Gasteiger partial charge in [-0.1, -0.05) is 36.2 Å². The molecule has 0 bridgehead atoms. The van der Waals surface area contributed by atoms with Crippen molar-refractivity contribution >= 4 is 34.5 Å². The van der Waals surface area contributed by atoms with Gasteiger partial charge in [-0.3, -0.25) is 4.90 Å². The van der Waals surface area contributed by atoms with Crippen LogP contribution in [0.25, 0.3) is 0 Å². The molecular weight excluding hydrogens is 339 g/mol. The van der Waals surface area contributed by atoms with Crippen molar-refractivity contribution in [3.8, 4) is 0 Å². The van der Waals surface area contributed by atoms with Crippen LogP contribution < -0.4 is 0 Å². The van der Waals surface area contributed by atoms with E-state index in [0.717, 1.165) is 43.9 Å². The molecule has 1 aliphatic heterocycles. The molecule has 118 valence electrons. The summed E-state index contributed by atoms with van der Waals surface area (Å²) < 4.78 is 5.89. The molecule has 22 heavy (non-hydrogen) atoms. The lowest BCUT2D eigenvalue weighted by Gasteiger charge is -2.32. The van der Waals surface area contributed by atoms with Crippen LogP contribution in [0, 0.1) is 0 Å². The van der Waals surface area contributed by atoms with Crippen molar-refractivity contribution in [2.24, 2.45) is 0 Å². The van der Waals surface area contributed by atoms with Gasteiger partial charge in [-0.05, 0) is 24.1 Å². The van der Waals surface area contributed by atoms with Crippen molar-refractivity contribution in [1.82, 2.24) is 9.88 Å². The van der Waals surface area contributed by atoms with Crippen molar-refractivity contribution in [2.75, 3.05) is 19.7 Å². The monoisotopic (exact) mass is 356 g/mol. The van der Waals surface area contributed by atoms with Crippen molar-refractivity contribution in [3.05, 3.63) is 49.9 Å². The fourth-order valence-corrected chi connectivity index (χ4v) is 3.62. The van der Waals surface area contributed by atoms with Gasteiger partial charge in [0, 0.05) is 25.0 Å². The molecule has 6 heteroatoms. The number of thiazole rings is 1. The minimum Gasteiger partial charge on any atom is -0.371 e. The van der Waals surface area contributed by atoms with Gasteiger partial charge >= 0.3 is 0 Å². The minimum absolute atomic E-state index is 0.0350. The van der Waals surface area contributed by atoms with Gasteiger partial charge in [-0.2, -0.15) is 0 Å². The molecule has 2 aromatic rings. The maximum atomic E-state index is 6.11. The third-order valence-electron chi connectivity index (χ3n) is 3.75. The first-order valence-corrected chi connectivity index (χ1v) is 9.01. The molecule has 3 nitrogen and oxygen atoms in total. The number of hydrogen-bond donors (Lipinski definition) is 0. The SMILES string of the molecule is CCc1nc(CN2CCOC(c3ccc(Cl)c(Cl)c3)C2)cs1. The van der Waals surface area contributed by atoms with Gasteiger partial charge in [0.2, 0.25) is 0 Å². The predicted molar refractivity (Wildman–Crippen MR) is 91.9 cm³/mol. The van der Waals surface area contributed by atoms with E-state index >= 15 is 0 Å². The van der Waals surface area contributed by atoms with Crippen LogP contribution >= 0.6 is 34.5 Å². The summed E-state index contributed by atoms with van der Waals surface area (Å²) >= 11 is 13.8. The number of ether oxygens (including phenoxy) is 1. The molecule has 3 rings (SSSR count). The molecule has 0 aliphatic carbocycles. The predicted octanol–water partition coefficient (Wildman–Crippen LogP) is 4.59. The summed E-state index contributed by atoms with van der Waals surface area (Å²) in [5, 5.41) is 4.51. The summed E-state index contributed by atoms with van der Waals surface area (Å²) in [4.78, 5) is 7.02. The Kier molecular flexibility index (Phi) is 5.37. The molecule has 0 radical (unpaired) electrons. The largest absolute Gasteiger partial charge is 0.371 e. The lowest BCUT2D eigenvalue weighted by molar-refractivity contribution is -0.0332. The Bertz CT molecular complexity index is 647. The second kappa shape index (κ2) is 7.28. The summed E-state index contributed by atoms with van der Waals surface area (Å²) in [5.74, 6) is 0. The lowest BCUT2D eigenvalue weighted by Crippen LogP contribution is -2.37. The lowest BCUT2D eigenvalue weighted by atomic mass is 10.1. The summed E-state index contributed by atoms with van der Waals surface area (Å²) in [6, 6.07) is 5.71. The summed E-state index contributed by atoms with van der Waals surface area (Å²) in [7, 11) is 0. The molecule has 0 amide bonds. The van der Waals surface area contributed by atoms with Gasteiger partial charge in [-0.15, -0.1) is 11.3 Å². The molecule has 1 aromatic carbocycles. The number of morpholine rings is 1. The zero-order chi connectivity index (χ0) is 15.5. The highest BCUT2D eigenvalue weighted by Gasteiger charge is 2.23. The molecule has 0 spiro atoms. The van der Waals surface area contributed by atoms with Crippen LogP contribution in [0.3, 0.4) is 0 Å². The number of rotatable bonds is 4. The van der Waals surface area contributed by atoms with E-state index in [-0.39, 0.29) is 6.10 Å². The average Bonchev–Trinajstić information content (AvgIpc) is 2.98. The van der Waals surface area contributed by atoms with E-state index in [9.17, 15) is 0 Å². The van der Waals surface area contributed by atoms with Crippen LogP contribution in [0.1, 0.15) is 29.3 Å². The minimum atomic E-state index is 0.0350. The van der Waals surface area contributed by atoms with Crippen LogP contribution in [0.4, 0.5) is 0 Å². The van der Waals surface area contributed by atoms with Gasteiger partial charge < -0.3 is 4.74 Å². The fraction of sp³-hybridized carbons (Fsp3) is 0.438.